The van der Waals surface area contributed by atoms with E-state index in [0.29, 0.717) is 0 Å². The molecular formula is C22H19N3. The van der Waals surface area contributed by atoms with Gasteiger partial charge in [-0.2, -0.15) is 0 Å². The summed E-state index contributed by atoms with van der Waals surface area (Å²) in [5, 5.41) is 3.48. The second-order valence-corrected chi connectivity index (χ2v) is 6.11. The zero-order chi connectivity index (χ0) is 17.1. The molecule has 1 atom stereocenters. The molecule has 1 aliphatic rings. The monoisotopic (exact) mass is 325 g/mol. The third-order valence-corrected chi connectivity index (χ3v) is 4.18. The molecule has 3 aromatic carbocycles. The Bertz CT molecular complexity index is 928. The highest BCUT2D eigenvalue weighted by Crippen LogP contribution is 2.22. The molecule has 0 aliphatic carbocycles. The maximum absolute atomic E-state index is 4.86. The summed E-state index contributed by atoms with van der Waals surface area (Å²) in [7, 11) is 0. The van der Waals surface area contributed by atoms with E-state index in [9.17, 15) is 0 Å². The first kappa shape index (κ1) is 15.3. The van der Waals surface area contributed by atoms with Gasteiger partial charge in [-0.1, -0.05) is 90.5 Å². The van der Waals surface area contributed by atoms with Crippen molar-refractivity contribution < 1.29 is 0 Å². The van der Waals surface area contributed by atoms with Gasteiger partial charge in [0, 0.05) is 11.1 Å². The maximum Gasteiger partial charge on any atom is 0.159 e. The molecule has 3 nitrogen and oxygen atoms in total. The van der Waals surface area contributed by atoms with Crippen molar-refractivity contribution in [1.82, 2.24) is 5.32 Å². The average Bonchev–Trinajstić information content (AvgIpc) is 2.69. The Morgan fingerprint density at radius 1 is 0.760 bits per heavy atom. The number of hydrogen-bond donors (Lipinski definition) is 1. The molecule has 1 heterocycles. The molecule has 0 saturated heterocycles. The van der Waals surface area contributed by atoms with E-state index in [4.69, 9.17) is 9.98 Å². The molecule has 122 valence electrons. The Labute approximate surface area is 147 Å². The van der Waals surface area contributed by atoms with Crippen LogP contribution in [0.4, 0.5) is 0 Å². The summed E-state index contributed by atoms with van der Waals surface area (Å²) in [5.41, 5.74) is 4.44. The fourth-order valence-electron chi connectivity index (χ4n) is 2.92. The predicted molar refractivity (Wildman–Crippen MR) is 103 cm³/mol. The van der Waals surface area contributed by atoms with Crippen LogP contribution in [-0.2, 0) is 0 Å². The summed E-state index contributed by atoms with van der Waals surface area (Å²) in [4.78, 5) is 9.63. The van der Waals surface area contributed by atoms with Crippen molar-refractivity contribution in [2.75, 3.05) is 0 Å². The smallest absolute Gasteiger partial charge is 0.159 e. The first-order valence-corrected chi connectivity index (χ1v) is 8.40. The summed E-state index contributed by atoms with van der Waals surface area (Å²) in [6, 6.07) is 28.7. The molecule has 0 saturated carbocycles. The Hall–Kier alpha value is -3.20. The lowest BCUT2D eigenvalue weighted by molar-refractivity contribution is 0.673. The van der Waals surface area contributed by atoms with Gasteiger partial charge in [-0.3, -0.25) is 0 Å². The topological polar surface area (TPSA) is 36.8 Å². The normalized spacial score (nSPS) is 16.6. The van der Waals surface area contributed by atoms with Gasteiger partial charge in [0.1, 0.15) is 12.0 Å². The zero-order valence-electron chi connectivity index (χ0n) is 14.1. The maximum atomic E-state index is 4.86. The lowest BCUT2D eigenvalue weighted by Crippen LogP contribution is -2.33. The van der Waals surface area contributed by atoms with E-state index in [2.05, 4.69) is 48.6 Å². The predicted octanol–water partition coefficient (Wildman–Crippen LogP) is 4.49. The number of amidine groups is 2. The number of nitrogens with zero attached hydrogens (tertiary/aromatic N) is 2. The number of nitrogens with one attached hydrogen (secondary N) is 1. The minimum absolute atomic E-state index is 0.150. The molecule has 0 bridgehead atoms. The Balaban J connectivity index is 1.79. The van der Waals surface area contributed by atoms with Crippen LogP contribution in [0, 0.1) is 6.92 Å². The van der Waals surface area contributed by atoms with Gasteiger partial charge >= 0.3 is 0 Å². The quantitative estimate of drug-likeness (QED) is 0.757. The SMILES string of the molecule is Cc1cccc(C2N=C(c3ccccc3)N=C(c3ccccc3)N2)c1. The van der Waals surface area contributed by atoms with Crippen molar-refractivity contribution in [2.24, 2.45) is 9.98 Å². The molecule has 0 spiro atoms. The van der Waals surface area contributed by atoms with Gasteiger partial charge in [0.2, 0.25) is 0 Å². The molecular weight excluding hydrogens is 306 g/mol. The summed E-state index contributed by atoms with van der Waals surface area (Å²) in [5.74, 6) is 1.60. The van der Waals surface area contributed by atoms with Crippen LogP contribution >= 0.6 is 0 Å². The largest absolute Gasteiger partial charge is 0.344 e. The van der Waals surface area contributed by atoms with Crippen LogP contribution in [0.3, 0.4) is 0 Å². The summed E-state index contributed by atoms with van der Waals surface area (Å²) in [6.45, 7) is 2.10. The van der Waals surface area contributed by atoms with Crippen molar-refractivity contribution in [2.45, 2.75) is 13.1 Å². The van der Waals surface area contributed by atoms with Crippen molar-refractivity contribution >= 4 is 11.7 Å². The van der Waals surface area contributed by atoms with Gasteiger partial charge in [-0.25, -0.2) is 9.98 Å². The van der Waals surface area contributed by atoms with Crippen molar-refractivity contribution in [3.8, 4) is 0 Å². The average molecular weight is 325 g/mol. The summed E-state index contributed by atoms with van der Waals surface area (Å²) < 4.78 is 0. The first-order valence-electron chi connectivity index (χ1n) is 8.40. The van der Waals surface area contributed by atoms with Gasteiger partial charge in [0.25, 0.3) is 0 Å². The third-order valence-electron chi connectivity index (χ3n) is 4.18. The van der Waals surface area contributed by atoms with Crippen LogP contribution in [-0.4, -0.2) is 11.7 Å². The van der Waals surface area contributed by atoms with Crippen molar-refractivity contribution in [1.29, 1.82) is 0 Å². The van der Waals surface area contributed by atoms with E-state index in [1.54, 1.807) is 0 Å². The Morgan fingerprint density at radius 3 is 2.12 bits per heavy atom. The number of rotatable bonds is 3. The van der Waals surface area contributed by atoms with E-state index in [0.717, 1.165) is 28.4 Å². The zero-order valence-corrected chi connectivity index (χ0v) is 14.1. The Kier molecular flexibility index (Phi) is 4.13. The van der Waals surface area contributed by atoms with E-state index in [1.807, 2.05) is 48.5 Å². The minimum atomic E-state index is -0.150. The molecule has 0 radical (unpaired) electrons. The second kappa shape index (κ2) is 6.73. The molecule has 4 rings (SSSR count). The summed E-state index contributed by atoms with van der Waals surface area (Å²) in [6.07, 6.45) is -0.150. The lowest BCUT2D eigenvalue weighted by atomic mass is 10.1. The molecule has 3 heteroatoms. The third kappa shape index (κ3) is 3.36. The van der Waals surface area contributed by atoms with Crippen LogP contribution in [0.25, 0.3) is 0 Å². The Morgan fingerprint density at radius 2 is 1.44 bits per heavy atom. The highest BCUT2D eigenvalue weighted by atomic mass is 15.2. The van der Waals surface area contributed by atoms with Gasteiger partial charge in [-0.05, 0) is 12.5 Å². The lowest BCUT2D eigenvalue weighted by Gasteiger charge is -2.23. The number of aryl methyl sites for hydroxylation is 1. The molecule has 1 aliphatic heterocycles. The molecule has 3 aromatic rings. The van der Waals surface area contributed by atoms with E-state index >= 15 is 0 Å². The molecule has 0 aromatic heterocycles. The number of benzene rings is 3. The number of aliphatic imine (C=N–C) groups is 2. The highest BCUT2D eigenvalue weighted by Gasteiger charge is 2.20. The first-order chi connectivity index (χ1) is 12.3. The van der Waals surface area contributed by atoms with Crippen LogP contribution in [0.1, 0.15) is 28.4 Å². The fourth-order valence-corrected chi connectivity index (χ4v) is 2.92. The standard InChI is InChI=1S/C22H19N3/c1-16-9-8-14-19(15-16)22-24-20(17-10-4-2-5-11-17)23-21(25-22)18-12-6-3-7-13-18/h2-15,22H,1H3,(H,23,24,25). The van der Waals surface area contributed by atoms with Gasteiger partial charge in [0.15, 0.2) is 5.84 Å². The van der Waals surface area contributed by atoms with E-state index in [1.165, 1.54) is 5.56 Å². The fraction of sp³-hybridized carbons (Fsp3) is 0.0909. The molecule has 1 N–H and O–H groups in total. The molecule has 25 heavy (non-hydrogen) atoms. The molecule has 0 amide bonds. The summed E-state index contributed by atoms with van der Waals surface area (Å²) >= 11 is 0. The minimum Gasteiger partial charge on any atom is -0.344 e. The van der Waals surface area contributed by atoms with Gasteiger partial charge in [0.05, 0.1) is 0 Å². The molecule has 0 fully saturated rings. The van der Waals surface area contributed by atoms with E-state index < -0.39 is 0 Å². The number of hydrogen-bond acceptors (Lipinski definition) is 3. The van der Waals surface area contributed by atoms with Gasteiger partial charge in [-0.15, -0.1) is 0 Å². The van der Waals surface area contributed by atoms with E-state index in [-0.39, 0.29) is 6.17 Å². The van der Waals surface area contributed by atoms with Crippen LogP contribution in [0.15, 0.2) is 94.9 Å². The van der Waals surface area contributed by atoms with Gasteiger partial charge < -0.3 is 5.32 Å². The van der Waals surface area contributed by atoms with Crippen LogP contribution < -0.4 is 5.32 Å². The van der Waals surface area contributed by atoms with Crippen LogP contribution in [0.5, 0.6) is 0 Å². The molecule has 1 unspecified atom stereocenters. The van der Waals surface area contributed by atoms with Crippen molar-refractivity contribution in [3.63, 3.8) is 0 Å². The van der Waals surface area contributed by atoms with Crippen molar-refractivity contribution in [3.05, 3.63) is 107 Å². The second-order valence-electron chi connectivity index (χ2n) is 6.11. The van der Waals surface area contributed by atoms with Crippen LogP contribution in [0.2, 0.25) is 0 Å². The highest BCUT2D eigenvalue weighted by molar-refractivity contribution is 6.12.